The lowest BCUT2D eigenvalue weighted by Gasteiger charge is -2.24. The maximum Gasteiger partial charge on any atom is 0.257 e. The van der Waals surface area contributed by atoms with E-state index in [0.29, 0.717) is 31.4 Å². The number of hydrogen-bond donors (Lipinski definition) is 1. The molecule has 31 heavy (non-hydrogen) atoms. The van der Waals surface area contributed by atoms with E-state index in [4.69, 9.17) is 16.3 Å². The Morgan fingerprint density at radius 1 is 1.45 bits per heavy atom. The summed E-state index contributed by atoms with van der Waals surface area (Å²) in [5.74, 6) is -1.43. The van der Waals surface area contributed by atoms with Gasteiger partial charge in [-0.2, -0.15) is 0 Å². The van der Waals surface area contributed by atoms with Crippen LogP contribution in [0.5, 0.6) is 5.75 Å². The monoisotopic (exact) mass is 449 g/mol. The summed E-state index contributed by atoms with van der Waals surface area (Å²) in [6.07, 6.45) is 1.74. The molecule has 0 fully saturated rings. The summed E-state index contributed by atoms with van der Waals surface area (Å²) in [7, 11) is 3.26. The Labute approximate surface area is 184 Å². The van der Waals surface area contributed by atoms with Gasteiger partial charge in [-0.3, -0.25) is 14.4 Å². The van der Waals surface area contributed by atoms with Gasteiger partial charge in [0.25, 0.3) is 5.91 Å². The highest BCUT2D eigenvalue weighted by Crippen LogP contribution is 2.32. The van der Waals surface area contributed by atoms with E-state index in [-0.39, 0.29) is 40.2 Å². The van der Waals surface area contributed by atoms with Crippen molar-refractivity contribution in [2.24, 2.45) is 0 Å². The molecule has 0 bridgehead atoms. The summed E-state index contributed by atoms with van der Waals surface area (Å²) >= 11 is 5.80. The highest BCUT2D eigenvalue weighted by Gasteiger charge is 2.33. The molecule has 0 saturated heterocycles. The van der Waals surface area contributed by atoms with Crippen molar-refractivity contribution in [2.45, 2.75) is 32.4 Å². The average molecular weight is 450 g/mol. The van der Waals surface area contributed by atoms with Crippen LogP contribution in [0.3, 0.4) is 0 Å². The molecule has 0 radical (unpaired) electrons. The number of carbonyl (C=O) groups excluding carboxylic acids is 2. The number of fused-ring (bicyclic) bond motifs is 1. The lowest BCUT2D eigenvalue weighted by atomic mass is 10.1. The minimum Gasteiger partial charge on any atom is -0.491 e. The fourth-order valence-electron chi connectivity index (χ4n) is 3.98. The molecule has 2 aromatic rings. The molecule has 1 aliphatic rings. The van der Waals surface area contributed by atoms with Crippen LogP contribution in [0, 0.1) is 5.82 Å². The van der Waals surface area contributed by atoms with E-state index in [9.17, 15) is 18.8 Å². The number of benzene rings is 1. The molecule has 0 spiro atoms. The third-order valence-electron chi connectivity index (χ3n) is 5.66. The minimum atomic E-state index is -0.649. The van der Waals surface area contributed by atoms with E-state index in [1.165, 1.54) is 19.2 Å². The molecule has 2 heterocycles. The standard InChI is InChI=1S/C22H25ClFN3O4/c1-4-26(2)11-14-8-9-16-18(20(29)21(31-3)17(12-28)27(14)16)22(30)25-10-13-6-5-7-15(23)19(13)24/h5-7,12,14H,4,8-11H2,1-3H3,(H,25,30). The van der Waals surface area contributed by atoms with Gasteiger partial charge in [-0.1, -0.05) is 30.7 Å². The second kappa shape index (κ2) is 9.62. The molecule has 1 N–H and O–H groups in total. The number of rotatable bonds is 8. The number of pyridine rings is 1. The number of amides is 1. The molecule has 166 valence electrons. The lowest BCUT2D eigenvalue weighted by Crippen LogP contribution is -2.34. The van der Waals surface area contributed by atoms with Crippen molar-refractivity contribution >= 4 is 23.8 Å². The number of carbonyl (C=O) groups is 2. The normalized spacial score (nSPS) is 15.1. The molecule has 0 aliphatic carbocycles. The second-order valence-corrected chi connectivity index (χ2v) is 7.91. The van der Waals surface area contributed by atoms with Crippen LogP contribution < -0.4 is 15.5 Å². The van der Waals surface area contributed by atoms with Crippen LogP contribution in [0.2, 0.25) is 5.02 Å². The number of nitrogens with one attached hydrogen (secondary N) is 1. The maximum atomic E-state index is 14.2. The van der Waals surface area contributed by atoms with Crippen LogP contribution in [0.15, 0.2) is 23.0 Å². The molecular weight excluding hydrogens is 425 g/mol. The van der Waals surface area contributed by atoms with Gasteiger partial charge >= 0.3 is 0 Å². The predicted molar refractivity (Wildman–Crippen MR) is 116 cm³/mol. The lowest BCUT2D eigenvalue weighted by molar-refractivity contribution is 0.0945. The quantitative estimate of drug-likeness (QED) is 0.627. The number of methoxy groups -OCH3 is 1. The van der Waals surface area contributed by atoms with Crippen molar-refractivity contribution in [1.29, 1.82) is 0 Å². The summed E-state index contributed by atoms with van der Waals surface area (Å²) in [6, 6.07) is 4.42. The summed E-state index contributed by atoms with van der Waals surface area (Å²) in [6.45, 7) is 3.36. The van der Waals surface area contributed by atoms with Crippen LogP contribution in [-0.2, 0) is 13.0 Å². The highest BCUT2D eigenvalue weighted by molar-refractivity contribution is 6.30. The van der Waals surface area contributed by atoms with Crippen molar-refractivity contribution in [3.8, 4) is 5.75 Å². The Kier molecular flexibility index (Phi) is 7.12. The molecule has 1 amide bonds. The molecule has 1 unspecified atom stereocenters. The number of aldehydes is 1. The molecule has 1 atom stereocenters. The Balaban J connectivity index is 2.02. The first-order valence-corrected chi connectivity index (χ1v) is 10.4. The third kappa shape index (κ3) is 4.36. The van der Waals surface area contributed by atoms with Gasteiger partial charge in [-0.15, -0.1) is 0 Å². The topological polar surface area (TPSA) is 80.6 Å². The summed E-state index contributed by atoms with van der Waals surface area (Å²) in [5.41, 5.74) is 0.103. The van der Waals surface area contributed by atoms with Crippen molar-refractivity contribution < 1.29 is 18.7 Å². The van der Waals surface area contributed by atoms with Crippen LogP contribution in [0.25, 0.3) is 0 Å². The molecule has 1 aromatic carbocycles. The molecule has 0 saturated carbocycles. The molecule has 1 aliphatic heterocycles. The summed E-state index contributed by atoms with van der Waals surface area (Å²) in [5, 5.41) is 2.56. The number of ether oxygens (including phenoxy) is 1. The first-order valence-electron chi connectivity index (χ1n) is 10.0. The van der Waals surface area contributed by atoms with E-state index >= 15 is 0 Å². The highest BCUT2D eigenvalue weighted by atomic mass is 35.5. The Hall–Kier alpha value is -2.71. The zero-order valence-corrected chi connectivity index (χ0v) is 18.5. The Bertz CT molecular complexity index is 1070. The van der Waals surface area contributed by atoms with Gasteiger partial charge in [0, 0.05) is 30.4 Å². The van der Waals surface area contributed by atoms with Gasteiger partial charge in [-0.05, 0) is 32.5 Å². The van der Waals surface area contributed by atoms with Crippen molar-refractivity contribution in [3.05, 3.63) is 61.8 Å². The fraction of sp³-hybridized carbons (Fsp3) is 0.409. The number of nitrogens with zero attached hydrogens (tertiary/aromatic N) is 2. The van der Waals surface area contributed by atoms with Gasteiger partial charge in [0.1, 0.15) is 17.1 Å². The number of aromatic nitrogens is 1. The molecular formula is C22H25ClFN3O4. The molecule has 3 rings (SSSR count). The van der Waals surface area contributed by atoms with Gasteiger partial charge in [0.15, 0.2) is 12.0 Å². The maximum absolute atomic E-state index is 14.2. The SMILES string of the molecule is CCN(C)CC1CCc2c(C(=O)NCc3cccc(Cl)c3F)c(=O)c(OC)c(C=O)n21. The first kappa shape index (κ1) is 23.0. The van der Waals surface area contributed by atoms with E-state index in [0.717, 1.165) is 6.54 Å². The summed E-state index contributed by atoms with van der Waals surface area (Å²) in [4.78, 5) is 40.0. The van der Waals surface area contributed by atoms with Gasteiger partial charge in [0.2, 0.25) is 5.43 Å². The molecule has 7 nitrogen and oxygen atoms in total. The Morgan fingerprint density at radius 2 is 2.19 bits per heavy atom. The largest absolute Gasteiger partial charge is 0.491 e. The first-order chi connectivity index (χ1) is 14.8. The minimum absolute atomic E-state index is 0.0485. The molecule has 9 heteroatoms. The fourth-order valence-corrected chi connectivity index (χ4v) is 4.18. The number of halogens is 2. The van der Waals surface area contributed by atoms with Crippen LogP contribution in [0.4, 0.5) is 4.39 Å². The van der Waals surface area contributed by atoms with Gasteiger partial charge in [-0.25, -0.2) is 4.39 Å². The van der Waals surface area contributed by atoms with Gasteiger partial charge in [0.05, 0.1) is 12.1 Å². The van der Waals surface area contributed by atoms with E-state index in [1.807, 2.05) is 14.0 Å². The second-order valence-electron chi connectivity index (χ2n) is 7.50. The number of hydrogen-bond acceptors (Lipinski definition) is 5. The predicted octanol–water partition coefficient (Wildman–Crippen LogP) is 2.83. The van der Waals surface area contributed by atoms with Crippen molar-refractivity contribution in [3.63, 3.8) is 0 Å². The zero-order chi connectivity index (χ0) is 22.7. The van der Waals surface area contributed by atoms with Crippen molar-refractivity contribution in [2.75, 3.05) is 27.2 Å². The average Bonchev–Trinajstić information content (AvgIpc) is 3.16. The van der Waals surface area contributed by atoms with Crippen LogP contribution in [-0.4, -0.2) is 48.9 Å². The van der Waals surface area contributed by atoms with E-state index in [2.05, 4.69) is 10.2 Å². The zero-order valence-electron chi connectivity index (χ0n) is 17.7. The van der Waals surface area contributed by atoms with E-state index < -0.39 is 17.2 Å². The number of likely N-dealkylation sites (N-methyl/N-ethyl adjacent to an activating group) is 1. The van der Waals surface area contributed by atoms with E-state index in [1.54, 1.807) is 10.6 Å². The van der Waals surface area contributed by atoms with Crippen molar-refractivity contribution in [1.82, 2.24) is 14.8 Å². The van der Waals surface area contributed by atoms with Crippen LogP contribution >= 0.6 is 11.6 Å². The molecule has 1 aromatic heterocycles. The van der Waals surface area contributed by atoms with Crippen LogP contribution in [0.1, 0.15) is 51.5 Å². The Morgan fingerprint density at radius 3 is 2.84 bits per heavy atom. The third-order valence-corrected chi connectivity index (χ3v) is 5.95. The summed E-state index contributed by atoms with van der Waals surface area (Å²) < 4.78 is 21.1. The smallest absolute Gasteiger partial charge is 0.257 e. The van der Waals surface area contributed by atoms with Gasteiger partial charge < -0.3 is 19.5 Å².